The molecule has 1 N–H and O–H groups in total. The minimum atomic E-state index is -1.20. The fraction of sp³-hybridized carbons (Fsp3) is 0.214. The Morgan fingerprint density at radius 2 is 1.73 bits per heavy atom. The first-order chi connectivity index (χ1) is 17.7. The Bertz CT molecular complexity index is 1430. The lowest BCUT2D eigenvalue weighted by Gasteiger charge is -2.28. The zero-order valence-corrected chi connectivity index (χ0v) is 21.6. The molecule has 0 bridgehead atoms. The molecule has 6 nitrogen and oxygen atoms in total. The van der Waals surface area contributed by atoms with Crippen molar-refractivity contribution in [1.29, 1.82) is 0 Å². The summed E-state index contributed by atoms with van der Waals surface area (Å²) in [6.45, 7) is 4.05. The third-order valence-corrected chi connectivity index (χ3v) is 7.23. The Balaban J connectivity index is 1.80. The molecule has 4 aromatic rings. The van der Waals surface area contributed by atoms with E-state index in [0.717, 1.165) is 11.3 Å². The molecule has 37 heavy (non-hydrogen) atoms. The predicted octanol–water partition coefficient (Wildman–Crippen LogP) is 6.48. The fourth-order valence-corrected chi connectivity index (χ4v) is 5.16. The quantitative estimate of drug-likeness (QED) is 0.253. The highest BCUT2D eigenvalue weighted by Gasteiger charge is 2.30. The number of aromatic carboxylic acids is 1. The van der Waals surface area contributed by atoms with Crippen LogP contribution in [0.4, 0.5) is 8.78 Å². The van der Waals surface area contributed by atoms with Crippen LogP contribution < -0.4 is 9.47 Å². The maximum atomic E-state index is 14.6. The number of rotatable bonds is 9. The first-order valence-electron chi connectivity index (χ1n) is 11.4. The maximum absolute atomic E-state index is 14.6. The topological polar surface area (TPSA) is 73.6 Å². The summed E-state index contributed by atoms with van der Waals surface area (Å²) in [5.74, 6) is -0.953. The number of hydrogen-bond acceptors (Lipinski definition) is 5. The normalized spacial score (nSPS) is 11.4. The van der Waals surface area contributed by atoms with E-state index in [2.05, 4.69) is 4.98 Å². The highest BCUT2D eigenvalue weighted by atomic mass is 32.2. The maximum Gasteiger partial charge on any atom is 0.336 e. The second-order valence-electron chi connectivity index (χ2n) is 8.79. The van der Waals surface area contributed by atoms with Gasteiger partial charge in [-0.15, -0.1) is 0 Å². The van der Waals surface area contributed by atoms with E-state index in [1.54, 1.807) is 32.5 Å². The molecule has 4 rings (SSSR count). The minimum absolute atomic E-state index is 0.0444. The number of carboxylic acids is 1. The molecule has 1 heterocycles. The van der Waals surface area contributed by atoms with Gasteiger partial charge in [-0.25, -0.2) is 18.6 Å². The van der Waals surface area contributed by atoms with Crippen LogP contribution in [-0.2, 0) is 11.2 Å². The van der Waals surface area contributed by atoms with Gasteiger partial charge in [0.1, 0.15) is 11.6 Å². The predicted molar refractivity (Wildman–Crippen MR) is 138 cm³/mol. The first-order valence-corrected chi connectivity index (χ1v) is 12.4. The van der Waals surface area contributed by atoms with Gasteiger partial charge in [0.15, 0.2) is 16.7 Å². The second-order valence-corrected chi connectivity index (χ2v) is 9.73. The van der Waals surface area contributed by atoms with E-state index in [4.69, 9.17) is 9.47 Å². The number of thioether (sulfide) groups is 1. The summed E-state index contributed by atoms with van der Waals surface area (Å²) in [5.41, 5.74) is 1.77. The van der Waals surface area contributed by atoms with E-state index in [1.807, 2.05) is 36.6 Å². The van der Waals surface area contributed by atoms with E-state index in [-0.39, 0.29) is 22.7 Å². The average molecular weight is 525 g/mol. The summed E-state index contributed by atoms with van der Waals surface area (Å²) < 4.78 is 41.1. The highest BCUT2D eigenvalue weighted by molar-refractivity contribution is 7.98. The van der Waals surface area contributed by atoms with Crippen LogP contribution in [-0.4, -0.2) is 34.8 Å². The SMILES string of the molecule is COc1ccc(C(C)(C)c2cnc(SCc3c(F)cccc3C(=O)O)n2-c2ccc(F)cc2)cc1OC. The molecule has 0 spiro atoms. The second kappa shape index (κ2) is 10.6. The molecule has 0 atom stereocenters. The first kappa shape index (κ1) is 26.2. The molecule has 0 aliphatic heterocycles. The smallest absolute Gasteiger partial charge is 0.336 e. The zero-order valence-electron chi connectivity index (χ0n) is 20.8. The monoisotopic (exact) mass is 524 g/mol. The standard InChI is InChI=1S/C28H26F2N2O4S/c1-28(2,17-8-13-23(35-3)24(14-17)36-4)25-15-31-27(32(25)19-11-9-18(29)10-12-19)37-16-21-20(26(33)34)6-5-7-22(21)30/h5-15H,16H2,1-4H3,(H,33,34). The third kappa shape index (κ3) is 5.17. The molecule has 0 aliphatic carbocycles. The molecule has 192 valence electrons. The summed E-state index contributed by atoms with van der Waals surface area (Å²) in [4.78, 5) is 16.3. The lowest BCUT2D eigenvalue weighted by atomic mass is 9.81. The van der Waals surface area contributed by atoms with Gasteiger partial charge in [-0.3, -0.25) is 4.57 Å². The van der Waals surface area contributed by atoms with Crippen molar-refractivity contribution in [3.05, 3.63) is 101 Å². The number of halogens is 2. The van der Waals surface area contributed by atoms with Crippen molar-refractivity contribution in [1.82, 2.24) is 9.55 Å². The Morgan fingerprint density at radius 3 is 2.38 bits per heavy atom. The summed E-state index contributed by atoms with van der Waals surface area (Å²) in [6.07, 6.45) is 1.72. The van der Waals surface area contributed by atoms with Crippen LogP contribution in [0.15, 0.2) is 72.0 Å². The Labute approximate surface area is 217 Å². The molecule has 0 fully saturated rings. The molecule has 0 saturated carbocycles. The highest BCUT2D eigenvalue weighted by Crippen LogP contribution is 2.40. The van der Waals surface area contributed by atoms with Crippen LogP contribution in [0.2, 0.25) is 0 Å². The summed E-state index contributed by atoms with van der Waals surface area (Å²) in [7, 11) is 3.14. The van der Waals surface area contributed by atoms with Crippen LogP contribution in [0.5, 0.6) is 11.5 Å². The van der Waals surface area contributed by atoms with Gasteiger partial charge in [-0.05, 0) is 54.1 Å². The number of aromatic nitrogens is 2. The minimum Gasteiger partial charge on any atom is -0.493 e. The van der Waals surface area contributed by atoms with Gasteiger partial charge in [-0.1, -0.05) is 37.7 Å². The molecule has 9 heteroatoms. The molecule has 0 saturated heterocycles. The van der Waals surface area contributed by atoms with Crippen LogP contribution in [0.1, 0.15) is 41.0 Å². The van der Waals surface area contributed by atoms with Gasteiger partial charge in [0.25, 0.3) is 0 Å². The van der Waals surface area contributed by atoms with Gasteiger partial charge in [-0.2, -0.15) is 0 Å². The summed E-state index contributed by atoms with van der Waals surface area (Å²) >= 11 is 1.20. The lowest BCUT2D eigenvalue weighted by molar-refractivity contribution is 0.0695. The molecule has 0 unspecified atom stereocenters. The Kier molecular flexibility index (Phi) is 7.54. The van der Waals surface area contributed by atoms with Gasteiger partial charge < -0.3 is 14.6 Å². The average Bonchev–Trinajstić information content (AvgIpc) is 3.32. The third-order valence-electron chi connectivity index (χ3n) is 6.25. The van der Waals surface area contributed by atoms with Crippen molar-refractivity contribution in [3.8, 4) is 17.2 Å². The largest absolute Gasteiger partial charge is 0.493 e. The molecule has 0 aliphatic rings. The molecule has 3 aromatic carbocycles. The summed E-state index contributed by atoms with van der Waals surface area (Å²) in [5, 5.41) is 10.0. The Hall–Kier alpha value is -3.85. The van der Waals surface area contributed by atoms with Gasteiger partial charge in [0.2, 0.25) is 0 Å². The van der Waals surface area contributed by atoms with Crippen molar-refractivity contribution in [3.63, 3.8) is 0 Å². The number of methoxy groups -OCH3 is 2. The number of nitrogens with zero attached hydrogens (tertiary/aromatic N) is 2. The molecule has 0 amide bonds. The molecular weight excluding hydrogens is 498 g/mol. The van der Waals surface area contributed by atoms with Crippen LogP contribution in [0.25, 0.3) is 5.69 Å². The molecule has 0 radical (unpaired) electrons. The number of imidazole rings is 1. The van der Waals surface area contributed by atoms with Crippen molar-refractivity contribution in [2.45, 2.75) is 30.2 Å². The number of carboxylic acid groups (broad SMARTS) is 1. The number of carbonyl (C=O) groups is 1. The zero-order chi connectivity index (χ0) is 26.7. The van der Waals surface area contributed by atoms with E-state index < -0.39 is 17.2 Å². The van der Waals surface area contributed by atoms with E-state index in [0.29, 0.717) is 22.3 Å². The van der Waals surface area contributed by atoms with Crippen molar-refractivity contribution in [2.24, 2.45) is 0 Å². The van der Waals surface area contributed by atoms with Crippen molar-refractivity contribution < 1.29 is 28.2 Å². The number of ether oxygens (including phenoxy) is 2. The van der Waals surface area contributed by atoms with Crippen LogP contribution in [0, 0.1) is 11.6 Å². The Morgan fingerprint density at radius 1 is 1.03 bits per heavy atom. The van der Waals surface area contributed by atoms with Crippen LogP contribution in [0.3, 0.4) is 0 Å². The van der Waals surface area contributed by atoms with Crippen molar-refractivity contribution >= 4 is 17.7 Å². The van der Waals surface area contributed by atoms with E-state index >= 15 is 0 Å². The fourth-order valence-electron chi connectivity index (χ4n) is 4.13. The molecular formula is C28H26F2N2O4S. The summed E-state index contributed by atoms with van der Waals surface area (Å²) in [6, 6.07) is 15.6. The van der Waals surface area contributed by atoms with Gasteiger partial charge >= 0.3 is 5.97 Å². The van der Waals surface area contributed by atoms with E-state index in [1.165, 1.54) is 42.1 Å². The lowest BCUT2D eigenvalue weighted by Crippen LogP contribution is -2.23. The molecule has 1 aromatic heterocycles. The number of hydrogen-bond donors (Lipinski definition) is 1. The van der Waals surface area contributed by atoms with Crippen LogP contribution >= 0.6 is 11.8 Å². The van der Waals surface area contributed by atoms with Gasteiger partial charge in [0, 0.05) is 22.4 Å². The van der Waals surface area contributed by atoms with Gasteiger partial charge in [0.05, 0.1) is 31.7 Å². The number of benzene rings is 3. The van der Waals surface area contributed by atoms with Crippen molar-refractivity contribution in [2.75, 3.05) is 14.2 Å². The van der Waals surface area contributed by atoms with E-state index in [9.17, 15) is 18.7 Å².